The molecule has 2 aromatic rings. The van der Waals surface area contributed by atoms with E-state index in [-0.39, 0.29) is 17.4 Å². The van der Waals surface area contributed by atoms with Crippen molar-refractivity contribution in [3.8, 4) is 5.75 Å². The number of alkyl halides is 1. The van der Waals surface area contributed by atoms with Crippen molar-refractivity contribution in [1.82, 2.24) is 10.4 Å². The Morgan fingerprint density at radius 2 is 1.93 bits per heavy atom. The van der Waals surface area contributed by atoms with Gasteiger partial charge in [0.25, 0.3) is 11.8 Å². The van der Waals surface area contributed by atoms with Crippen LogP contribution in [-0.2, 0) is 9.59 Å². The Morgan fingerprint density at radius 3 is 2.60 bits per heavy atom. The van der Waals surface area contributed by atoms with E-state index in [9.17, 15) is 14.4 Å². The molecule has 30 heavy (non-hydrogen) atoms. The summed E-state index contributed by atoms with van der Waals surface area (Å²) in [5, 5.41) is 3.10. The number of rotatable bonds is 7. The number of carbonyl (C=O) groups is 3. The van der Waals surface area contributed by atoms with Gasteiger partial charge in [0.2, 0.25) is 5.91 Å². The van der Waals surface area contributed by atoms with Gasteiger partial charge in [-0.25, -0.2) is 5.01 Å². The molecule has 2 unspecified atom stereocenters. The summed E-state index contributed by atoms with van der Waals surface area (Å²) in [6.45, 7) is 3.51. The molecule has 8 heteroatoms. The van der Waals surface area contributed by atoms with Crippen molar-refractivity contribution in [3.05, 3.63) is 65.7 Å². The van der Waals surface area contributed by atoms with Gasteiger partial charge in [-0.1, -0.05) is 42.5 Å². The molecular formula is C22H22ClN3O4. The third-order valence-electron chi connectivity index (χ3n) is 4.43. The molecule has 0 aliphatic carbocycles. The lowest BCUT2D eigenvalue weighted by Crippen LogP contribution is -2.67. The van der Waals surface area contributed by atoms with E-state index in [1.807, 2.05) is 36.4 Å². The fourth-order valence-electron chi connectivity index (χ4n) is 3.00. The summed E-state index contributed by atoms with van der Waals surface area (Å²) in [7, 11) is 0. The molecule has 1 saturated heterocycles. The number of halogens is 1. The molecule has 0 saturated carbocycles. The fourth-order valence-corrected chi connectivity index (χ4v) is 3.30. The molecule has 1 aliphatic heterocycles. The molecule has 2 aromatic carbocycles. The molecule has 3 rings (SSSR count). The first-order valence-electron chi connectivity index (χ1n) is 9.46. The average Bonchev–Trinajstić information content (AvgIpc) is 2.73. The fraction of sp³-hybridized carbons (Fsp3) is 0.227. The van der Waals surface area contributed by atoms with Crippen LogP contribution in [0, 0.1) is 0 Å². The van der Waals surface area contributed by atoms with Gasteiger partial charge >= 0.3 is 0 Å². The molecule has 1 fully saturated rings. The SMILES string of the molecule is CCOc1cc(NC(C)=O)ccc1C(=O)NN1C(=O)C(Cl)C1/C=C/c1ccccc1. The molecular weight excluding hydrogens is 406 g/mol. The Labute approximate surface area is 179 Å². The number of hydrogen-bond donors (Lipinski definition) is 2. The number of β-lactam (4-membered cyclic amide) rings is 1. The summed E-state index contributed by atoms with van der Waals surface area (Å²) in [6.07, 6.45) is 3.62. The molecule has 2 atom stereocenters. The van der Waals surface area contributed by atoms with Crippen LogP contribution in [0.4, 0.5) is 5.69 Å². The number of anilines is 1. The van der Waals surface area contributed by atoms with E-state index < -0.39 is 17.3 Å². The van der Waals surface area contributed by atoms with Crippen molar-refractivity contribution in [3.63, 3.8) is 0 Å². The van der Waals surface area contributed by atoms with Crippen molar-refractivity contribution in [2.45, 2.75) is 25.3 Å². The van der Waals surface area contributed by atoms with Gasteiger partial charge < -0.3 is 10.1 Å². The van der Waals surface area contributed by atoms with Crippen LogP contribution in [-0.4, -0.2) is 40.8 Å². The third-order valence-corrected chi connectivity index (χ3v) is 4.87. The zero-order chi connectivity index (χ0) is 21.7. The third kappa shape index (κ3) is 4.80. The minimum Gasteiger partial charge on any atom is -0.493 e. The number of hydrogen-bond acceptors (Lipinski definition) is 4. The first-order chi connectivity index (χ1) is 14.4. The summed E-state index contributed by atoms with van der Waals surface area (Å²) in [5.74, 6) is -0.835. The number of hydrazine groups is 1. The van der Waals surface area contributed by atoms with Crippen molar-refractivity contribution in [2.24, 2.45) is 0 Å². The zero-order valence-corrected chi connectivity index (χ0v) is 17.3. The highest BCUT2D eigenvalue weighted by atomic mass is 35.5. The lowest BCUT2D eigenvalue weighted by atomic mass is 10.0. The van der Waals surface area contributed by atoms with Gasteiger partial charge in [-0.2, -0.15) is 0 Å². The van der Waals surface area contributed by atoms with E-state index in [4.69, 9.17) is 16.3 Å². The Morgan fingerprint density at radius 1 is 1.20 bits per heavy atom. The first kappa shape index (κ1) is 21.4. The molecule has 156 valence electrons. The molecule has 2 N–H and O–H groups in total. The van der Waals surface area contributed by atoms with Gasteiger partial charge in [0.1, 0.15) is 11.1 Å². The number of nitrogens with one attached hydrogen (secondary N) is 2. The van der Waals surface area contributed by atoms with Crippen molar-refractivity contribution in [1.29, 1.82) is 0 Å². The van der Waals surface area contributed by atoms with E-state index in [0.29, 0.717) is 18.0 Å². The van der Waals surface area contributed by atoms with E-state index in [1.165, 1.54) is 18.0 Å². The maximum absolute atomic E-state index is 12.8. The van der Waals surface area contributed by atoms with Gasteiger partial charge in [-0.3, -0.25) is 19.8 Å². The van der Waals surface area contributed by atoms with E-state index in [1.54, 1.807) is 25.1 Å². The normalized spacial score (nSPS) is 18.1. The Hall–Kier alpha value is -3.32. The highest BCUT2D eigenvalue weighted by molar-refractivity contribution is 6.34. The largest absolute Gasteiger partial charge is 0.493 e. The lowest BCUT2D eigenvalue weighted by molar-refractivity contribution is -0.146. The molecule has 0 spiro atoms. The van der Waals surface area contributed by atoms with Gasteiger partial charge in [-0.05, 0) is 24.6 Å². The highest BCUT2D eigenvalue weighted by Crippen LogP contribution is 2.27. The first-order valence-corrected chi connectivity index (χ1v) is 9.90. The van der Waals surface area contributed by atoms with E-state index in [2.05, 4.69) is 10.7 Å². The smallest absolute Gasteiger partial charge is 0.273 e. The maximum atomic E-state index is 12.8. The number of benzene rings is 2. The second kappa shape index (κ2) is 9.45. The van der Waals surface area contributed by atoms with E-state index in [0.717, 1.165) is 5.56 Å². The Kier molecular flexibility index (Phi) is 6.74. The van der Waals surface area contributed by atoms with Crippen molar-refractivity contribution in [2.75, 3.05) is 11.9 Å². The Balaban J connectivity index is 1.76. The van der Waals surface area contributed by atoms with Gasteiger partial charge in [0, 0.05) is 18.7 Å². The number of amides is 3. The predicted molar refractivity (Wildman–Crippen MR) is 115 cm³/mol. The summed E-state index contributed by atoms with van der Waals surface area (Å²) in [4.78, 5) is 36.3. The molecule has 3 amide bonds. The molecule has 0 aromatic heterocycles. The predicted octanol–water partition coefficient (Wildman–Crippen LogP) is 3.22. The topological polar surface area (TPSA) is 87.7 Å². The van der Waals surface area contributed by atoms with Crippen LogP contribution in [0.1, 0.15) is 29.8 Å². The summed E-state index contributed by atoms with van der Waals surface area (Å²) >= 11 is 6.15. The van der Waals surface area contributed by atoms with Crippen LogP contribution in [0.3, 0.4) is 0 Å². The summed E-state index contributed by atoms with van der Waals surface area (Å²) in [5.41, 5.74) is 4.30. The zero-order valence-electron chi connectivity index (χ0n) is 16.6. The number of ether oxygens (including phenoxy) is 1. The van der Waals surface area contributed by atoms with Gasteiger partial charge in [0.05, 0.1) is 18.2 Å². The average molecular weight is 428 g/mol. The van der Waals surface area contributed by atoms with Crippen LogP contribution >= 0.6 is 11.6 Å². The lowest BCUT2D eigenvalue weighted by Gasteiger charge is -2.42. The Bertz CT molecular complexity index is 978. The van der Waals surface area contributed by atoms with Crippen LogP contribution < -0.4 is 15.5 Å². The monoisotopic (exact) mass is 427 g/mol. The quantitative estimate of drug-likeness (QED) is 0.524. The minimum atomic E-state index is -0.751. The van der Waals surface area contributed by atoms with Crippen LogP contribution in [0.25, 0.3) is 6.08 Å². The van der Waals surface area contributed by atoms with Crippen LogP contribution in [0.5, 0.6) is 5.75 Å². The van der Waals surface area contributed by atoms with Crippen molar-refractivity contribution >= 4 is 41.1 Å². The molecule has 1 aliphatic rings. The highest BCUT2D eigenvalue weighted by Gasteiger charge is 2.46. The van der Waals surface area contributed by atoms with Crippen LogP contribution in [0.15, 0.2) is 54.6 Å². The summed E-state index contributed by atoms with van der Waals surface area (Å²) in [6, 6.07) is 13.8. The number of carbonyl (C=O) groups excluding carboxylic acids is 3. The molecule has 0 radical (unpaired) electrons. The molecule has 0 bridgehead atoms. The van der Waals surface area contributed by atoms with Gasteiger partial charge in [0.15, 0.2) is 0 Å². The summed E-state index contributed by atoms with van der Waals surface area (Å²) < 4.78 is 5.54. The number of nitrogens with zero attached hydrogens (tertiary/aromatic N) is 1. The standard InChI is InChI=1S/C22H22ClN3O4/c1-3-30-19-13-16(24-14(2)27)10-11-17(19)21(28)25-26-18(20(23)22(26)29)12-9-15-7-5-4-6-8-15/h4-13,18,20H,3H2,1-2H3,(H,24,27)(H,25,28)/b12-9+. The maximum Gasteiger partial charge on any atom is 0.273 e. The van der Waals surface area contributed by atoms with E-state index >= 15 is 0 Å². The van der Waals surface area contributed by atoms with Crippen LogP contribution in [0.2, 0.25) is 0 Å². The molecule has 7 nitrogen and oxygen atoms in total. The van der Waals surface area contributed by atoms with Gasteiger partial charge in [-0.15, -0.1) is 11.6 Å². The minimum absolute atomic E-state index is 0.234. The molecule has 1 heterocycles. The second-order valence-corrected chi connectivity index (χ2v) is 7.11. The second-order valence-electron chi connectivity index (χ2n) is 6.64. The van der Waals surface area contributed by atoms with Crippen molar-refractivity contribution < 1.29 is 19.1 Å².